The van der Waals surface area contributed by atoms with E-state index in [-0.39, 0.29) is 0 Å². The van der Waals surface area contributed by atoms with Crippen molar-refractivity contribution in [2.75, 3.05) is 0 Å². The van der Waals surface area contributed by atoms with Crippen molar-refractivity contribution in [3.8, 4) is 0 Å². The summed E-state index contributed by atoms with van der Waals surface area (Å²) in [6.07, 6.45) is 0. The van der Waals surface area contributed by atoms with Gasteiger partial charge in [0, 0.05) is 0 Å². The van der Waals surface area contributed by atoms with Crippen LogP contribution in [-0.2, 0) is 9.90 Å². The van der Waals surface area contributed by atoms with Crippen molar-refractivity contribution in [2.24, 2.45) is 0 Å². The van der Waals surface area contributed by atoms with Crippen LogP contribution in [-0.4, -0.2) is 9.71 Å². The first kappa shape index (κ1) is 6.43. The molecule has 0 atom stereocenters. The maximum Gasteiger partial charge on any atom is 0.379 e. The van der Waals surface area contributed by atoms with Crippen molar-refractivity contribution in [3.63, 3.8) is 0 Å². The lowest BCUT2D eigenvalue weighted by Gasteiger charge is -1.80. The van der Waals surface area contributed by atoms with Gasteiger partial charge in [-0.1, -0.05) is 31.9 Å². The average molecular weight is 217 g/mol. The van der Waals surface area contributed by atoms with E-state index < -0.39 is 9.71 Å². The molecule has 0 aliphatic carbocycles. The lowest BCUT2D eigenvalue weighted by Crippen LogP contribution is -2.00. The largest absolute Gasteiger partial charge is 0.379 e. The van der Waals surface area contributed by atoms with E-state index >= 15 is 0 Å². The Morgan fingerprint density at radius 1 is 1.50 bits per heavy atom. The van der Waals surface area contributed by atoms with Crippen LogP contribution >= 0.6 is 31.9 Å². The minimum absolute atomic E-state index is 0.718. The first-order valence-electron chi connectivity index (χ1n) is 1.13. The van der Waals surface area contributed by atoms with Crippen molar-refractivity contribution in [3.05, 3.63) is 0 Å². The maximum absolute atomic E-state index is 9.49. The molecule has 0 aliphatic rings. The standard InChI is InChI=1S/C2HBr2O2/c3-1(4)2(5)6/h1H. The van der Waals surface area contributed by atoms with Crippen molar-refractivity contribution in [2.45, 2.75) is 3.74 Å². The van der Waals surface area contributed by atoms with Crippen LogP contribution in [0.5, 0.6) is 0 Å². The molecular formula is C2HBr2O2. The van der Waals surface area contributed by atoms with Gasteiger partial charge >= 0.3 is 5.97 Å². The van der Waals surface area contributed by atoms with Crippen LogP contribution in [0.4, 0.5) is 0 Å². The first-order chi connectivity index (χ1) is 2.64. The zero-order chi connectivity index (χ0) is 5.15. The third-order valence-corrected chi connectivity index (χ3v) is 0.926. The van der Waals surface area contributed by atoms with Crippen molar-refractivity contribution >= 4 is 37.8 Å². The number of rotatable bonds is 1. The molecule has 0 heterocycles. The Balaban J connectivity index is 3.26. The number of hydrogen-bond acceptors (Lipinski definition) is 1. The summed E-state index contributed by atoms with van der Waals surface area (Å²) in [7, 11) is 0. The predicted molar refractivity (Wildman–Crippen MR) is 27.3 cm³/mol. The molecule has 6 heavy (non-hydrogen) atoms. The second kappa shape index (κ2) is 2.58. The molecular weight excluding hydrogens is 216 g/mol. The van der Waals surface area contributed by atoms with Crippen LogP contribution in [0.15, 0.2) is 0 Å². The molecule has 0 bridgehead atoms. The summed E-state index contributed by atoms with van der Waals surface area (Å²) in [5.74, 6) is -1.16. The number of alkyl halides is 2. The molecule has 0 aromatic carbocycles. The van der Waals surface area contributed by atoms with Crippen LogP contribution in [0.1, 0.15) is 0 Å². The molecule has 0 aromatic rings. The Morgan fingerprint density at radius 3 is 1.67 bits per heavy atom. The molecule has 0 rings (SSSR count). The molecule has 0 unspecified atom stereocenters. The van der Waals surface area contributed by atoms with Gasteiger partial charge in [-0.3, -0.25) is 0 Å². The van der Waals surface area contributed by atoms with Gasteiger partial charge in [-0.2, -0.15) is 0 Å². The monoisotopic (exact) mass is 215 g/mol. The molecule has 4 heteroatoms. The van der Waals surface area contributed by atoms with Gasteiger partial charge in [-0.15, -0.1) is 0 Å². The van der Waals surface area contributed by atoms with E-state index in [1.54, 1.807) is 0 Å². The van der Waals surface area contributed by atoms with Gasteiger partial charge in [0.1, 0.15) is 0 Å². The van der Waals surface area contributed by atoms with Gasteiger partial charge in [0.2, 0.25) is 0 Å². The second-order valence-corrected chi connectivity index (χ2v) is 3.68. The van der Waals surface area contributed by atoms with Gasteiger partial charge in [0.05, 0.1) is 0 Å². The summed E-state index contributed by atoms with van der Waals surface area (Å²) in [5, 5.41) is 9.49. The lowest BCUT2D eigenvalue weighted by atomic mass is 10.8. The van der Waals surface area contributed by atoms with Crippen molar-refractivity contribution < 1.29 is 9.90 Å². The predicted octanol–water partition coefficient (Wildman–Crippen LogP) is 1.06. The minimum atomic E-state index is -1.16. The third-order valence-electron chi connectivity index (χ3n) is 0.178. The first-order valence-corrected chi connectivity index (χ1v) is 2.96. The molecule has 0 saturated carbocycles. The summed E-state index contributed by atoms with van der Waals surface area (Å²) in [4.78, 5) is 9.49. The Kier molecular flexibility index (Phi) is 2.76. The molecule has 0 N–H and O–H groups in total. The van der Waals surface area contributed by atoms with E-state index in [1.165, 1.54) is 0 Å². The summed E-state index contributed by atoms with van der Waals surface area (Å²) in [6.45, 7) is 0. The van der Waals surface area contributed by atoms with Crippen LogP contribution < -0.4 is 0 Å². The van der Waals surface area contributed by atoms with Crippen molar-refractivity contribution in [1.29, 1.82) is 0 Å². The Labute approximate surface area is 51.8 Å². The smallest absolute Gasteiger partial charge is 0.245 e. The Hall–Kier alpha value is 0.430. The van der Waals surface area contributed by atoms with Crippen LogP contribution in [0.2, 0.25) is 0 Å². The fourth-order valence-electron chi connectivity index (χ4n) is 0. The van der Waals surface area contributed by atoms with Gasteiger partial charge in [-0.05, 0) is 0 Å². The van der Waals surface area contributed by atoms with E-state index in [0.717, 1.165) is 0 Å². The Bertz CT molecular complexity index is 60.6. The highest BCUT2D eigenvalue weighted by atomic mass is 79.9. The SMILES string of the molecule is [O]C(=O)C(Br)Br. The molecule has 35 valence electrons. The molecule has 0 saturated heterocycles. The number of carbonyl (C=O) groups excluding carboxylic acids is 1. The summed E-state index contributed by atoms with van der Waals surface area (Å²) in [6, 6.07) is 0. The fourth-order valence-corrected chi connectivity index (χ4v) is 0. The van der Waals surface area contributed by atoms with Gasteiger partial charge in [-0.25, -0.2) is 9.90 Å². The van der Waals surface area contributed by atoms with Crippen LogP contribution in [0.3, 0.4) is 0 Å². The fraction of sp³-hybridized carbons (Fsp3) is 0.500. The topological polar surface area (TPSA) is 37.0 Å². The zero-order valence-corrected chi connectivity index (χ0v) is 5.82. The highest BCUT2D eigenvalue weighted by Gasteiger charge is 2.07. The van der Waals surface area contributed by atoms with Gasteiger partial charge in [0.25, 0.3) is 0 Å². The van der Waals surface area contributed by atoms with E-state index in [1.807, 2.05) is 0 Å². The van der Waals surface area contributed by atoms with Crippen LogP contribution in [0.25, 0.3) is 0 Å². The molecule has 0 spiro atoms. The molecule has 0 aliphatic heterocycles. The average Bonchev–Trinajstić information content (AvgIpc) is 1.36. The summed E-state index contributed by atoms with van der Waals surface area (Å²) < 4.78 is -0.718. The number of carbonyl (C=O) groups is 1. The summed E-state index contributed by atoms with van der Waals surface area (Å²) >= 11 is 5.39. The second-order valence-electron chi connectivity index (χ2n) is 0.620. The Morgan fingerprint density at radius 2 is 1.67 bits per heavy atom. The van der Waals surface area contributed by atoms with Crippen molar-refractivity contribution in [1.82, 2.24) is 0 Å². The quantitative estimate of drug-likeness (QED) is 0.604. The molecule has 1 radical (unpaired) electrons. The van der Waals surface area contributed by atoms with Crippen LogP contribution in [0, 0.1) is 0 Å². The van der Waals surface area contributed by atoms with E-state index in [2.05, 4.69) is 31.9 Å². The van der Waals surface area contributed by atoms with E-state index in [9.17, 15) is 9.90 Å². The molecule has 2 nitrogen and oxygen atoms in total. The lowest BCUT2D eigenvalue weighted by molar-refractivity contribution is -0.140. The van der Waals surface area contributed by atoms with Gasteiger partial charge in [0.15, 0.2) is 3.74 Å². The molecule has 0 fully saturated rings. The molecule has 0 aromatic heterocycles. The highest BCUT2D eigenvalue weighted by molar-refractivity contribution is 9.25. The number of hydrogen-bond donors (Lipinski definition) is 0. The van der Waals surface area contributed by atoms with E-state index in [4.69, 9.17) is 0 Å². The summed E-state index contributed by atoms with van der Waals surface area (Å²) in [5.41, 5.74) is 0. The van der Waals surface area contributed by atoms with Gasteiger partial charge < -0.3 is 0 Å². The third kappa shape index (κ3) is 2.66. The zero-order valence-electron chi connectivity index (χ0n) is 2.65. The highest BCUT2D eigenvalue weighted by Crippen LogP contribution is 2.06. The maximum atomic E-state index is 9.49. The van der Waals surface area contributed by atoms with E-state index in [0.29, 0.717) is 0 Å². The normalized spacial score (nSPS) is 9.17. The molecule has 0 amide bonds. The minimum Gasteiger partial charge on any atom is -0.245 e. The number of halogens is 2.